The summed E-state index contributed by atoms with van der Waals surface area (Å²) in [6.45, 7) is -1.32. The largest absolute Gasteiger partial charge is 0.501 e. The molecule has 0 spiro atoms. The van der Waals surface area contributed by atoms with Crippen LogP contribution in [0.4, 0.5) is 36.4 Å². The number of sulfone groups is 1. The van der Waals surface area contributed by atoms with Crippen LogP contribution in [0.3, 0.4) is 0 Å². The second kappa shape index (κ2) is 7.22. The van der Waals surface area contributed by atoms with Crippen LogP contribution in [0, 0.1) is 5.82 Å². The van der Waals surface area contributed by atoms with Gasteiger partial charge in [0.05, 0.1) is 12.2 Å². The fourth-order valence-corrected chi connectivity index (χ4v) is 3.70. The van der Waals surface area contributed by atoms with Crippen molar-refractivity contribution < 1.29 is 39.2 Å². The zero-order valence-corrected chi connectivity index (χ0v) is 14.1. The molecule has 1 fully saturated rings. The number of rotatable bonds is 3. The summed E-state index contributed by atoms with van der Waals surface area (Å²) in [7, 11) is -5.81. The van der Waals surface area contributed by atoms with Crippen LogP contribution in [-0.4, -0.2) is 57.7 Å². The van der Waals surface area contributed by atoms with Crippen LogP contribution in [-0.2, 0) is 9.84 Å². The number of halogens is 7. The molecule has 1 aromatic rings. The molecule has 4 nitrogen and oxygen atoms in total. The molecule has 0 bridgehead atoms. The van der Waals surface area contributed by atoms with Crippen molar-refractivity contribution in [2.24, 2.45) is 0 Å². The molecule has 0 aliphatic carbocycles. The molecule has 0 amide bonds. The van der Waals surface area contributed by atoms with E-state index in [0.717, 1.165) is 17.0 Å². The lowest BCUT2D eigenvalue weighted by molar-refractivity contribution is -0.145. The Kier molecular flexibility index (Phi) is 5.76. The zero-order valence-electron chi connectivity index (χ0n) is 13.2. The Morgan fingerprint density at radius 3 is 2.19 bits per heavy atom. The molecule has 1 saturated heterocycles. The molecule has 1 aliphatic rings. The predicted octanol–water partition coefficient (Wildman–Crippen LogP) is 3.19. The Hall–Kier alpha value is -1.56. The Bertz CT molecular complexity index is 747. The molecule has 2 rings (SSSR count). The lowest BCUT2D eigenvalue weighted by Gasteiger charge is -2.26. The van der Waals surface area contributed by atoms with Crippen LogP contribution < -0.4 is 4.90 Å². The van der Waals surface area contributed by atoms with E-state index in [2.05, 4.69) is 0 Å². The van der Waals surface area contributed by atoms with E-state index in [9.17, 15) is 39.2 Å². The summed E-state index contributed by atoms with van der Waals surface area (Å²) in [6, 6.07) is 1.98. The number of alkyl halides is 6. The average Bonchev–Trinajstić information content (AvgIpc) is 2.70. The van der Waals surface area contributed by atoms with Gasteiger partial charge in [-0.2, -0.15) is 26.3 Å². The maximum atomic E-state index is 13.4. The first-order valence-electron chi connectivity index (χ1n) is 7.46. The van der Waals surface area contributed by atoms with Gasteiger partial charge in [-0.15, -0.1) is 0 Å². The van der Waals surface area contributed by atoms with Gasteiger partial charge in [-0.1, -0.05) is 0 Å². The Morgan fingerprint density at radius 2 is 1.62 bits per heavy atom. The number of benzene rings is 1. The average molecular weight is 408 g/mol. The highest BCUT2D eigenvalue weighted by Crippen LogP contribution is 2.36. The maximum absolute atomic E-state index is 13.4. The maximum Gasteiger partial charge on any atom is 0.501 e. The van der Waals surface area contributed by atoms with Gasteiger partial charge in [-0.25, -0.2) is 12.8 Å². The molecule has 0 aromatic heterocycles. The van der Waals surface area contributed by atoms with Gasteiger partial charge in [-0.05, 0) is 24.6 Å². The second-order valence-electron chi connectivity index (χ2n) is 5.79. The minimum absolute atomic E-state index is 0.0420. The predicted molar refractivity (Wildman–Crippen MR) is 79.0 cm³/mol. The summed E-state index contributed by atoms with van der Waals surface area (Å²) in [5.41, 5.74) is -6.00. The Balaban J connectivity index is 2.32. The van der Waals surface area contributed by atoms with Gasteiger partial charge < -0.3 is 4.90 Å². The third-order valence-electron chi connectivity index (χ3n) is 3.85. The molecule has 0 atom stereocenters. The number of anilines is 1. The van der Waals surface area contributed by atoms with Crippen molar-refractivity contribution in [3.8, 4) is 0 Å². The molecule has 1 heterocycles. The van der Waals surface area contributed by atoms with Gasteiger partial charge in [0.15, 0.2) is 0 Å². The van der Waals surface area contributed by atoms with E-state index in [1.54, 1.807) is 0 Å². The van der Waals surface area contributed by atoms with E-state index in [1.165, 1.54) is 4.90 Å². The molecular formula is C14H15F7N2O2S. The molecule has 0 saturated carbocycles. The van der Waals surface area contributed by atoms with Gasteiger partial charge in [0.25, 0.3) is 9.84 Å². The van der Waals surface area contributed by atoms with Crippen LogP contribution in [0.25, 0.3) is 0 Å². The molecule has 0 radical (unpaired) electrons. The van der Waals surface area contributed by atoms with Crippen molar-refractivity contribution in [1.82, 2.24) is 4.90 Å². The molecule has 0 unspecified atom stereocenters. The van der Waals surface area contributed by atoms with Crippen molar-refractivity contribution in [3.63, 3.8) is 0 Å². The minimum atomic E-state index is -5.81. The summed E-state index contributed by atoms with van der Waals surface area (Å²) in [6.07, 6.45) is -4.24. The second-order valence-corrected chi connectivity index (χ2v) is 7.70. The smallest absolute Gasteiger partial charge is 0.369 e. The Labute approximate surface area is 145 Å². The minimum Gasteiger partial charge on any atom is -0.369 e. The van der Waals surface area contributed by atoms with Crippen molar-refractivity contribution >= 4 is 15.5 Å². The summed E-state index contributed by atoms with van der Waals surface area (Å²) in [5.74, 6) is -1.16. The first kappa shape index (κ1) is 20.7. The molecule has 26 heavy (non-hydrogen) atoms. The van der Waals surface area contributed by atoms with Gasteiger partial charge >= 0.3 is 11.7 Å². The fraction of sp³-hybridized carbons (Fsp3) is 0.571. The summed E-state index contributed by atoms with van der Waals surface area (Å²) in [5, 5.41) is 0. The molecule has 0 N–H and O–H groups in total. The van der Waals surface area contributed by atoms with E-state index < -0.39 is 38.8 Å². The highest BCUT2D eigenvalue weighted by molar-refractivity contribution is 7.92. The van der Waals surface area contributed by atoms with E-state index in [1.807, 2.05) is 0 Å². The summed E-state index contributed by atoms with van der Waals surface area (Å²) in [4.78, 5) is 1.07. The topological polar surface area (TPSA) is 40.6 Å². The number of nitrogens with zero attached hydrogens (tertiary/aromatic N) is 2. The highest BCUT2D eigenvalue weighted by atomic mass is 32.2. The van der Waals surface area contributed by atoms with Gasteiger partial charge in [0.1, 0.15) is 10.7 Å². The van der Waals surface area contributed by atoms with Crippen LogP contribution in [0.15, 0.2) is 23.1 Å². The van der Waals surface area contributed by atoms with Gasteiger partial charge in [0, 0.05) is 26.2 Å². The standard InChI is InChI=1S/C14H15F7N2O2S/c15-10-2-3-11(12(8-10)26(24,25)14(19,20)21)23-5-1-4-22(6-7-23)9-13(16,17)18/h2-3,8H,1,4-7,9H2. The molecule has 12 heteroatoms. The third-order valence-corrected chi connectivity index (χ3v) is 5.36. The first-order chi connectivity index (χ1) is 11.8. The van der Waals surface area contributed by atoms with E-state index in [4.69, 9.17) is 0 Å². The van der Waals surface area contributed by atoms with Crippen molar-refractivity contribution in [2.75, 3.05) is 37.6 Å². The lowest BCUT2D eigenvalue weighted by atomic mass is 10.2. The van der Waals surface area contributed by atoms with Crippen molar-refractivity contribution in [3.05, 3.63) is 24.0 Å². The molecule has 1 aliphatic heterocycles. The van der Waals surface area contributed by atoms with Crippen molar-refractivity contribution in [2.45, 2.75) is 23.0 Å². The quantitative estimate of drug-likeness (QED) is 0.721. The Morgan fingerprint density at radius 1 is 0.962 bits per heavy atom. The SMILES string of the molecule is O=S(=O)(c1cc(F)ccc1N1CCCN(CC(F)(F)F)CC1)C(F)(F)F. The van der Waals surface area contributed by atoms with E-state index >= 15 is 0 Å². The van der Waals surface area contributed by atoms with Crippen LogP contribution >= 0.6 is 0 Å². The highest BCUT2D eigenvalue weighted by Gasteiger charge is 2.48. The normalized spacial score (nSPS) is 18.0. The van der Waals surface area contributed by atoms with Crippen LogP contribution in [0.1, 0.15) is 6.42 Å². The van der Waals surface area contributed by atoms with Crippen molar-refractivity contribution in [1.29, 1.82) is 0 Å². The lowest BCUT2D eigenvalue weighted by Crippen LogP contribution is -2.37. The summed E-state index contributed by atoms with van der Waals surface area (Å²) < 4.78 is 113. The van der Waals surface area contributed by atoms with E-state index in [0.29, 0.717) is 0 Å². The molecular weight excluding hydrogens is 393 g/mol. The fourth-order valence-electron chi connectivity index (χ4n) is 2.71. The summed E-state index contributed by atoms with van der Waals surface area (Å²) >= 11 is 0. The molecule has 148 valence electrons. The van der Waals surface area contributed by atoms with Crippen LogP contribution in [0.2, 0.25) is 0 Å². The van der Waals surface area contributed by atoms with Gasteiger partial charge in [0.2, 0.25) is 0 Å². The molecule has 1 aromatic carbocycles. The number of hydrogen-bond acceptors (Lipinski definition) is 4. The third kappa shape index (κ3) is 4.78. The number of hydrogen-bond donors (Lipinski definition) is 0. The van der Waals surface area contributed by atoms with Gasteiger partial charge in [-0.3, -0.25) is 4.90 Å². The first-order valence-corrected chi connectivity index (χ1v) is 8.94. The monoisotopic (exact) mass is 408 g/mol. The van der Waals surface area contributed by atoms with E-state index in [-0.39, 0.29) is 44.4 Å². The van der Waals surface area contributed by atoms with Crippen LogP contribution in [0.5, 0.6) is 0 Å². The zero-order chi connectivity index (χ0) is 19.8.